The molecule has 1 aromatic carbocycles. The molecule has 0 unspecified atom stereocenters. The van der Waals surface area contributed by atoms with Gasteiger partial charge in [0, 0.05) is 5.69 Å². The van der Waals surface area contributed by atoms with E-state index in [1.54, 1.807) is 12.5 Å². The minimum atomic E-state index is 0.451. The summed E-state index contributed by atoms with van der Waals surface area (Å²) in [5.74, 6) is 1.17. The van der Waals surface area contributed by atoms with E-state index in [0.29, 0.717) is 5.82 Å². The second-order valence-electron chi connectivity index (χ2n) is 3.42. The number of benzene rings is 1. The summed E-state index contributed by atoms with van der Waals surface area (Å²) in [6.07, 6.45) is 3.28. The molecule has 0 fully saturated rings. The van der Waals surface area contributed by atoms with E-state index in [2.05, 4.69) is 15.2 Å². The molecule has 0 aromatic heterocycles. The van der Waals surface area contributed by atoms with Gasteiger partial charge in [0.1, 0.15) is 12.1 Å². The summed E-state index contributed by atoms with van der Waals surface area (Å²) < 4.78 is 1.86. The van der Waals surface area contributed by atoms with Crippen LogP contribution in [0, 0.1) is 0 Å². The number of anilines is 1. The van der Waals surface area contributed by atoms with Crippen molar-refractivity contribution in [2.24, 2.45) is 0 Å². The molecule has 2 aliphatic rings. The average molecular weight is 211 g/mol. The molecule has 2 heterocycles. The van der Waals surface area contributed by atoms with Crippen molar-refractivity contribution in [3.63, 3.8) is 0 Å². The number of nitrogen functional groups attached to an aromatic ring is 1. The second kappa shape index (κ2) is 3.30. The Morgan fingerprint density at radius 3 is 2.75 bits per heavy atom. The normalized spacial score (nSPS) is 10.8. The van der Waals surface area contributed by atoms with Gasteiger partial charge in [-0.25, -0.2) is 4.98 Å². The van der Waals surface area contributed by atoms with Crippen molar-refractivity contribution in [3.05, 3.63) is 42.9 Å². The standard InChI is InChI=1S/C11H9N5/c12-10-9-6-14-15-11(9)16(7-13-10)8-4-2-1-3-5-8/h1-7H,12H2. The van der Waals surface area contributed by atoms with E-state index < -0.39 is 0 Å². The van der Waals surface area contributed by atoms with Gasteiger partial charge in [-0.05, 0) is 12.1 Å². The highest BCUT2D eigenvalue weighted by atomic mass is 15.2. The van der Waals surface area contributed by atoms with Gasteiger partial charge in [0.2, 0.25) is 0 Å². The van der Waals surface area contributed by atoms with Crippen molar-refractivity contribution in [2.45, 2.75) is 0 Å². The van der Waals surface area contributed by atoms with Crippen LogP contribution in [0.2, 0.25) is 0 Å². The van der Waals surface area contributed by atoms with E-state index in [-0.39, 0.29) is 0 Å². The summed E-state index contributed by atoms with van der Waals surface area (Å²) in [6, 6.07) is 9.84. The summed E-state index contributed by atoms with van der Waals surface area (Å²) in [5, 5.41) is 7.91. The number of hydrogen-bond acceptors (Lipinski definition) is 4. The van der Waals surface area contributed by atoms with Crippen LogP contribution < -0.4 is 5.73 Å². The highest BCUT2D eigenvalue weighted by Gasteiger charge is 2.14. The fraction of sp³-hybridized carbons (Fsp3) is 0. The third-order valence-electron chi connectivity index (χ3n) is 2.43. The minimum Gasteiger partial charge on any atom is -0.383 e. The maximum Gasteiger partial charge on any atom is 0.173 e. The Hall–Kier alpha value is -2.43. The number of rotatable bonds is 1. The van der Waals surface area contributed by atoms with Gasteiger partial charge < -0.3 is 5.73 Å². The molecule has 0 bridgehead atoms. The van der Waals surface area contributed by atoms with Crippen LogP contribution in [-0.4, -0.2) is 19.7 Å². The van der Waals surface area contributed by atoms with Crippen LogP contribution in [0.4, 0.5) is 5.82 Å². The molecular weight excluding hydrogens is 202 g/mol. The van der Waals surface area contributed by atoms with Gasteiger partial charge in [-0.3, -0.25) is 4.57 Å². The molecule has 0 spiro atoms. The fourth-order valence-corrected chi connectivity index (χ4v) is 1.63. The first kappa shape index (κ1) is 8.84. The first-order valence-corrected chi connectivity index (χ1v) is 4.86. The Labute approximate surface area is 91.9 Å². The van der Waals surface area contributed by atoms with E-state index in [1.807, 2.05) is 34.9 Å². The van der Waals surface area contributed by atoms with Gasteiger partial charge in [0.25, 0.3) is 0 Å². The predicted octanol–water partition coefficient (Wildman–Crippen LogP) is 1.35. The number of nitrogens with zero attached hydrogens (tertiary/aromatic N) is 4. The van der Waals surface area contributed by atoms with Crippen LogP contribution in [-0.2, 0) is 0 Å². The number of fused-ring (bicyclic) bond motifs is 1. The quantitative estimate of drug-likeness (QED) is 0.659. The van der Waals surface area contributed by atoms with Crippen molar-refractivity contribution >= 4 is 5.82 Å². The molecule has 16 heavy (non-hydrogen) atoms. The third kappa shape index (κ3) is 1.22. The first-order valence-electron chi connectivity index (χ1n) is 4.86. The van der Waals surface area contributed by atoms with Gasteiger partial charge in [-0.15, -0.1) is 5.10 Å². The monoisotopic (exact) mass is 211 g/mol. The molecule has 0 amide bonds. The van der Waals surface area contributed by atoms with Crippen LogP contribution in [0.5, 0.6) is 0 Å². The van der Waals surface area contributed by atoms with Gasteiger partial charge >= 0.3 is 0 Å². The maximum atomic E-state index is 5.74. The number of hydrogen-bond donors (Lipinski definition) is 1. The summed E-state index contributed by atoms with van der Waals surface area (Å²) >= 11 is 0. The van der Waals surface area contributed by atoms with Gasteiger partial charge in [0.15, 0.2) is 5.82 Å². The van der Waals surface area contributed by atoms with E-state index in [0.717, 1.165) is 17.1 Å². The molecule has 0 aliphatic carbocycles. The lowest BCUT2D eigenvalue weighted by Gasteiger charge is -2.10. The Morgan fingerprint density at radius 1 is 1.12 bits per heavy atom. The highest BCUT2D eigenvalue weighted by molar-refractivity contribution is 5.69. The largest absolute Gasteiger partial charge is 0.383 e. The SMILES string of the molecule is Nc1ncn(-c2ccccc2)c2nncc1-2. The lowest BCUT2D eigenvalue weighted by atomic mass is 10.2. The van der Waals surface area contributed by atoms with E-state index in [9.17, 15) is 0 Å². The van der Waals surface area contributed by atoms with Gasteiger partial charge in [-0.2, -0.15) is 5.10 Å². The number of para-hydroxylation sites is 1. The van der Waals surface area contributed by atoms with E-state index in [4.69, 9.17) is 5.73 Å². The predicted molar refractivity (Wildman–Crippen MR) is 60.2 cm³/mol. The summed E-state index contributed by atoms with van der Waals surface area (Å²) in [5.41, 5.74) is 7.50. The molecule has 3 rings (SSSR count). The van der Waals surface area contributed by atoms with Crippen LogP contribution in [0.15, 0.2) is 42.9 Å². The summed E-state index contributed by atoms with van der Waals surface area (Å²) in [4.78, 5) is 4.12. The smallest absolute Gasteiger partial charge is 0.173 e. The summed E-state index contributed by atoms with van der Waals surface area (Å²) in [7, 11) is 0. The first-order chi connectivity index (χ1) is 7.86. The molecule has 2 N–H and O–H groups in total. The average Bonchev–Trinajstić information content (AvgIpc) is 2.81. The molecule has 0 radical (unpaired) electrons. The molecule has 5 nitrogen and oxygen atoms in total. The van der Waals surface area contributed by atoms with E-state index in [1.165, 1.54) is 0 Å². The van der Waals surface area contributed by atoms with Crippen LogP contribution in [0.25, 0.3) is 17.1 Å². The zero-order chi connectivity index (χ0) is 11.0. The lowest BCUT2D eigenvalue weighted by molar-refractivity contribution is 0.941. The van der Waals surface area contributed by atoms with Gasteiger partial charge in [0.05, 0.1) is 11.8 Å². The number of nitrogens with two attached hydrogens (primary N) is 1. The zero-order valence-corrected chi connectivity index (χ0v) is 8.41. The molecule has 5 heteroatoms. The molecule has 2 aliphatic heterocycles. The topological polar surface area (TPSA) is 69.6 Å². The Balaban J connectivity index is 2.27. The van der Waals surface area contributed by atoms with Crippen LogP contribution in [0.1, 0.15) is 0 Å². The Kier molecular flexibility index (Phi) is 1.83. The molecule has 0 atom stereocenters. The molecule has 78 valence electrons. The molecule has 0 saturated carbocycles. The molecule has 0 saturated heterocycles. The fourth-order valence-electron chi connectivity index (χ4n) is 1.63. The van der Waals surface area contributed by atoms with Crippen LogP contribution in [0.3, 0.4) is 0 Å². The third-order valence-corrected chi connectivity index (χ3v) is 2.43. The van der Waals surface area contributed by atoms with Crippen molar-refractivity contribution < 1.29 is 0 Å². The Morgan fingerprint density at radius 2 is 1.94 bits per heavy atom. The maximum absolute atomic E-state index is 5.74. The minimum absolute atomic E-state index is 0.451. The van der Waals surface area contributed by atoms with Crippen LogP contribution >= 0.6 is 0 Å². The highest BCUT2D eigenvalue weighted by Crippen LogP contribution is 2.25. The second-order valence-corrected chi connectivity index (χ2v) is 3.42. The summed E-state index contributed by atoms with van der Waals surface area (Å²) in [6.45, 7) is 0. The van der Waals surface area contributed by atoms with Crippen molar-refractivity contribution in [3.8, 4) is 17.1 Å². The molecule has 1 aromatic rings. The van der Waals surface area contributed by atoms with Crippen molar-refractivity contribution in [2.75, 3.05) is 5.73 Å². The van der Waals surface area contributed by atoms with E-state index >= 15 is 0 Å². The molecular formula is C11H9N5. The zero-order valence-electron chi connectivity index (χ0n) is 8.41. The number of aromatic nitrogens is 4. The van der Waals surface area contributed by atoms with Crippen molar-refractivity contribution in [1.29, 1.82) is 0 Å². The van der Waals surface area contributed by atoms with Gasteiger partial charge in [-0.1, -0.05) is 18.2 Å². The Bertz CT molecular complexity index is 587. The lowest BCUT2D eigenvalue weighted by Crippen LogP contribution is -2.05. The van der Waals surface area contributed by atoms with Crippen molar-refractivity contribution in [1.82, 2.24) is 19.7 Å².